The number of hydrogen-bond donors (Lipinski definition) is 2. The third-order valence-corrected chi connectivity index (χ3v) is 8.03. The van der Waals surface area contributed by atoms with E-state index in [1.54, 1.807) is 6.07 Å². The summed E-state index contributed by atoms with van der Waals surface area (Å²) in [7, 11) is -0.848. The smallest absolute Gasteiger partial charge is 0.257 e. The number of ether oxygens (including phenoxy) is 1. The first-order valence-corrected chi connectivity index (χ1v) is 12.7. The standard InChI is InChI=1S/C22H22N4O4S2/c27-21(24-15-12-32(29)13-15)14-9-18(20(23-10-14)26-5-7-30-8-6-26)25-22(28)17-11-31-19-4-2-1-3-16(17)19/h1-4,9-11,15H,5-8,12-13H2,(H,24,27)(H,25,28). The van der Waals surface area contributed by atoms with Gasteiger partial charge in [-0.15, -0.1) is 11.3 Å². The van der Waals surface area contributed by atoms with Crippen molar-refractivity contribution >= 4 is 55.5 Å². The minimum atomic E-state index is -0.848. The van der Waals surface area contributed by atoms with E-state index in [2.05, 4.69) is 15.6 Å². The molecule has 2 saturated heterocycles. The van der Waals surface area contributed by atoms with Crippen molar-refractivity contribution in [1.29, 1.82) is 0 Å². The maximum Gasteiger partial charge on any atom is 0.257 e. The number of anilines is 2. The molecule has 2 aliphatic heterocycles. The predicted molar refractivity (Wildman–Crippen MR) is 126 cm³/mol. The van der Waals surface area contributed by atoms with E-state index in [1.165, 1.54) is 17.5 Å². The second-order valence-corrected chi connectivity index (χ2v) is 10.2. The average Bonchev–Trinajstić information content (AvgIpc) is 3.23. The molecule has 2 aromatic heterocycles. The van der Waals surface area contributed by atoms with Gasteiger partial charge in [0.1, 0.15) is 0 Å². The number of hydrogen-bond acceptors (Lipinski definition) is 7. The van der Waals surface area contributed by atoms with Gasteiger partial charge in [-0.1, -0.05) is 18.2 Å². The van der Waals surface area contributed by atoms with Crippen molar-refractivity contribution in [1.82, 2.24) is 10.3 Å². The Hall–Kier alpha value is -2.82. The third-order valence-electron chi connectivity index (χ3n) is 5.52. The lowest BCUT2D eigenvalue weighted by molar-refractivity contribution is 0.0940. The van der Waals surface area contributed by atoms with Gasteiger partial charge >= 0.3 is 0 Å². The number of carbonyl (C=O) groups excluding carboxylic acids is 2. The molecule has 2 amide bonds. The number of benzene rings is 1. The number of pyridine rings is 1. The first-order chi connectivity index (χ1) is 15.6. The zero-order valence-corrected chi connectivity index (χ0v) is 18.8. The van der Waals surface area contributed by atoms with Gasteiger partial charge in [0.2, 0.25) is 0 Å². The van der Waals surface area contributed by atoms with Crippen molar-refractivity contribution in [2.24, 2.45) is 0 Å². The summed E-state index contributed by atoms with van der Waals surface area (Å²) in [5.74, 6) is 1.03. The van der Waals surface area contributed by atoms with Crippen LogP contribution in [0, 0.1) is 0 Å². The molecule has 0 atom stereocenters. The summed E-state index contributed by atoms with van der Waals surface area (Å²) >= 11 is 1.52. The molecular formula is C22H22N4O4S2. The Kier molecular flexibility index (Phi) is 5.90. The lowest BCUT2D eigenvalue weighted by Crippen LogP contribution is -2.50. The van der Waals surface area contributed by atoms with Crippen molar-refractivity contribution in [2.45, 2.75) is 6.04 Å². The van der Waals surface area contributed by atoms with Gasteiger partial charge in [-0.2, -0.15) is 0 Å². The number of nitrogens with one attached hydrogen (secondary N) is 2. The highest BCUT2D eigenvalue weighted by Crippen LogP contribution is 2.29. The molecule has 0 spiro atoms. The Morgan fingerprint density at radius 2 is 1.94 bits per heavy atom. The minimum Gasteiger partial charge on any atom is -0.378 e. The average molecular weight is 471 g/mol. The summed E-state index contributed by atoms with van der Waals surface area (Å²) in [6, 6.07) is 9.34. The van der Waals surface area contributed by atoms with Crippen LogP contribution in [0.15, 0.2) is 41.9 Å². The zero-order chi connectivity index (χ0) is 22.1. The molecule has 2 N–H and O–H groups in total. The Bertz CT molecular complexity index is 1200. The number of thiophene rings is 1. The largest absolute Gasteiger partial charge is 0.378 e. The fourth-order valence-electron chi connectivity index (χ4n) is 3.80. The summed E-state index contributed by atoms with van der Waals surface area (Å²) in [5.41, 5.74) is 1.42. The van der Waals surface area contributed by atoms with Gasteiger partial charge in [0, 0.05) is 57.1 Å². The van der Waals surface area contributed by atoms with Crippen molar-refractivity contribution < 1.29 is 18.5 Å². The number of aromatic nitrogens is 1. The Balaban J connectivity index is 1.43. The molecule has 8 nitrogen and oxygen atoms in total. The van der Waals surface area contributed by atoms with E-state index < -0.39 is 10.8 Å². The van der Waals surface area contributed by atoms with Crippen LogP contribution in [0.5, 0.6) is 0 Å². The van der Waals surface area contributed by atoms with E-state index in [4.69, 9.17) is 4.74 Å². The van der Waals surface area contributed by atoms with E-state index in [9.17, 15) is 13.8 Å². The first kappa shape index (κ1) is 21.0. The SMILES string of the molecule is O=C(NC1CS(=O)C1)c1cnc(N2CCOCC2)c(NC(=O)c2csc3ccccc23)c1. The number of carbonyl (C=O) groups is 2. The molecule has 3 aromatic rings. The van der Waals surface area contributed by atoms with Crippen LogP contribution in [0.25, 0.3) is 10.1 Å². The molecule has 0 bridgehead atoms. The van der Waals surface area contributed by atoms with Gasteiger partial charge in [-0.25, -0.2) is 4.98 Å². The van der Waals surface area contributed by atoms with Crippen LogP contribution in [-0.2, 0) is 15.5 Å². The fraction of sp³-hybridized carbons (Fsp3) is 0.318. The molecule has 32 heavy (non-hydrogen) atoms. The quantitative estimate of drug-likeness (QED) is 0.593. The molecule has 4 heterocycles. The second kappa shape index (κ2) is 8.97. The van der Waals surface area contributed by atoms with Crippen LogP contribution in [0.4, 0.5) is 11.5 Å². The maximum absolute atomic E-state index is 13.2. The zero-order valence-electron chi connectivity index (χ0n) is 17.2. The number of nitrogens with zero attached hydrogens (tertiary/aromatic N) is 2. The molecule has 166 valence electrons. The van der Waals surface area contributed by atoms with Crippen LogP contribution in [0.3, 0.4) is 0 Å². The van der Waals surface area contributed by atoms with Crippen molar-refractivity contribution in [3.8, 4) is 0 Å². The lowest BCUT2D eigenvalue weighted by Gasteiger charge is -2.30. The van der Waals surface area contributed by atoms with Gasteiger partial charge < -0.3 is 20.3 Å². The van der Waals surface area contributed by atoms with E-state index in [1.807, 2.05) is 34.5 Å². The highest BCUT2D eigenvalue weighted by atomic mass is 32.2. The monoisotopic (exact) mass is 470 g/mol. The van der Waals surface area contributed by atoms with Crippen LogP contribution >= 0.6 is 11.3 Å². The Labute approximate surface area is 191 Å². The van der Waals surface area contributed by atoms with Crippen molar-refractivity contribution in [2.75, 3.05) is 48.0 Å². The predicted octanol–water partition coefficient (Wildman–Crippen LogP) is 2.25. The summed E-state index contributed by atoms with van der Waals surface area (Å²) in [5, 5.41) is 8.59. The van der Waals surface area contributed by atoms with Crippen LogP contribution in [0.2, 0.25) is 0 Å². The summed E-state index contributed by atoms with van der Waals surface area (Å²) in [4.78, 5) is 32.4. The summed E-state index contributed by atoms with van der Waals surface area (Å²) in [6.45, 7) is 2.45. The van der Waals surface area contributed by atoms with Crippen LogP contribution < -0.4 is 15.5 Å². The van der Waals surface area contributed by atoms with E-state index in [0.29, 0.717) is 60.4 Å². The van der Waals surface area contributed by atoms with Gasteiger partial charge in [0.05, 0.1) is 36.1 Å². The molecule has 2 fully saturated rings. The van der Waals surface area contributed by atoms with Crippen molar-refractivity contribution in [3.63, 3.8) is 0 Å². The molecule has 10 heteroatoms. The van der Waals surface area contributed by atoms with Crippen LogP contribution in [-0.4, -0.2) is 64.9 Å². The Morgan fingerprint density at radius 3 is 2.72 bits per heavy atom. The highest BCUT2D eigenvalue weighted by Gasteiger charge is 2.28. The Morgan fingerprint density at radius 1 is 1.16 bits per heavy atom. The maximum atomic E-state index is 13.2. The molecule has 0 unspecified atom stereocenters. The summed E-state index contributed by atoms with van der Waals surface area (Å²) < 4.78 is 17.8. The van der Waals surface area contributed by atoms with Gasteiger partial charge in [0.15, 0.2) is 5.82 Å². The second-order valence-electron chi connectivity index (χ2n) is 7.74. The molecule has 2 aliphatic rings. The van der Waals surface area contributed by atoms with E-state index in [0.717, 1.165) is 10.1 Å². The first-order valence-electron chi connectivity index (χ1n) is 10.3. The van der Waals surface area contributed by atoms with Gasteiger partial charge in [-0.05, 0) is 12.1 Å². The summed E-state index contributed by atoms with van der Waals surface area (Å²) in [6.07, 6.45) is 1.52. The van der Waals surface area contributed by atoms with Gasteiger partial charge in [-0.3, -0.25) is 13.8 Å². The van der Waals surface area contributed by atoms with E-state index in [-0.39, 0.29) is 17.9 Å². The van der Waals surface area contributed by atoms with Crippen LogP contribution in [0.1, 0.15) is 20.7 Å². The third kappa shape index (κ3) is 4.25. The topological polar surface area (TPSA) is 101 Å². The van der Waals surface area contributed by atoms with Gasteiger partial charge in [0.25, 0.3) is 11.8 Å². The number of rotatable bonds is 5. The fourth-order valence-corrected chi connectivity index (χ4v) is 5.70. The number of fused-ring (bicyclic) bond motifs is 1. The molecule has 5 rings (SSSR count). The number of morpholine rings is 1. The molecule has 0 aliphatic carbocycles. The molecule has 0 radical (unpaired) electrons. The number of amides is 2. The molecule has 0 saturated carbocycles. The molecular weight excluding hydrogens is 448 g/mol. The van der Waals surface area contributed by atoms with Crippen molar-refractivity contribution in [3.05, 3.63) is 53.0 Å². The highest BCUT2D eigenvalue weighted by molar-refractivity contribution is 7.86. The van der Waals surface area contributed by atoms with E-state index >= 15 is 0 Å². The lowest BCUT2D eigenvalue weighted by atomic mass is 10.1. The normalized spacial score (nSPS) is 20.6. The minimum absolute atomic E-state index is 0.0857. The molecule has 1 aromatic carbocycles.